The first kappa shape index (κ1) is 19.9. The molecule has 0 saturated heterocycles. The second-order valence-corrected chi connectivity index (χ2v) is 5.45. The Hall–Kier alpha value is -1.10. The highest BCUT2D eigenvalue weighted by Crippen LogP contribution is 2.07. The highest BCUT2D eigenvalue weighted by molar-refractivity contribution is 5.87. The van der Waals surface area contributed by atoms with Crippen LogP contribution in [0, 0.1) is 0 Å². The van der Waals surface area contributed by atoms with Crippen LogP contribution < -0.4 is 11.1 Å². The molecule has 0 aliphatic carbocycles. The zero-order valence-electron chi connectivity index (χ0n) is 14.0. The van der Waals surface area contributed by atoms with Crippen LogP contribution in [0.5, 0.6) is 0 Å². The normalized spacial score (nSPS) is 12.0. The van der Waals surface area contributed by atoms with Crippen LogP contribution in [0.15, 0.2) is 0 Å². The zero-order chi connectivity index (χ0) is 16.1. The minimum atomic E-state index is -0.390. The van der Waals surface area contributed by atoms with E-state index in [1.807, 2.05) is 6.92 Å². The van der Waals surface area contributed by atoms with Gasteiger partial charge in [0.25, 0.3) is 0 Å². The van der Waals surface area contributed by atoms with Crippen molar-refractivity contribution in [2.45, 2.75) is 71.8 Å². The Kier molecular flexibility index (Phi) is 12.0. The molecule has 0 aliphatic heterocycles. The summed E-state index contributed by atoms with van der Waals surface area (Å²) in [5.41, 5.74) is 5.43. The Bertz CT molecular complexity index is 295. The van der Waals surface area contributed by atoms with Crippen LogP contribution in [-0.2, 0) is 9.59 Å². The molecule has 0 fully saturated rings. The number of carbonyl (C=O) groups excluding carboxylic acids is 2. The first-order valence-electron chi connectivity index (χ1n) is 8.35. The fraction of sp³-hybridized carbons (Fsp3) is 0.875. The van der Waals surface area contributed by atoms with Crippen molar-refractivity contribution in [3.8, 4) is 0 Å². The van der Waals surface area contributed by atoms with E-state index in [4.69, 9.17) is 5.73 Å². The molecule has 0 radical (unpaired) electrons. The number of nitrogens with one attached hydrogen (secondary N) is 1. The van der Waals surface area contributed by atoms with Gasteiger partial charge in [0.1, 0.15) is 6.04 Å². The van der Waals surface area contributed by atoms with E-state index in [0.29, 0.717) is 26.1 Å². The third-order valence-corrected chi connectivity index (χ3v) is 3.68. The van der Waals surface area contributed by atoms with Crippen LogP contribution in [-0.4, -0.2) is 42.4 Å². The molecule has 0 saturated carbocycles. The topological polar surface area (TPSA) is 75.4 Å². The fourth-order valence-electron chi connectivity index (χ4n) is 2.28. The van der Waals surface area contributed by atoms with E-state index in [0.717, 1.165) is 38.5 Å². The Morgan fingerprint density at radius 1 is 1.10 bits per heavy atom. The molecule has 5 nitrogen and oxygen atoms in total. The number of hydrogen-bond acceptors (Lipinski definition) is 3. The standard InChI is InChI=1S/C16H33N3O2/c1-4-6-8-11-15(20)19(5-2)14(3)16(21)18-13-10-7-9-12-17/h14H,4-13,17H2,1-3H3,(H,18,21). The van der Waals surface area contributed by atoms with Gasteiger partial charge in [0, 0.05) is 19.5 Å². The van der Waals surface area contributed by atoms with Crippen LogP contribution in [0.4, 0.5) is 0 Å². The summed E-state index contributed by atoms with van der Waals surface area (Å²) in [5, 5.41) is 2.90. The minimum absolute atomic E-state index is 0.0616. The van der Waals surface area contributed by atoms with Gasteiger partial charge < -0.3 is 16.0 Å². The van der Waals surface area contributed by atoms with Crippen molar-refractivity contribution < 1.29 is 9.59 Å². The van der Waals surface area contributed by atoms with Gasteiger partial charge >= 0.3 is 0 Å². The van der Waals surface area contributed by atoms with Gasteiger partial charge in [-0.15, -0.1) is 0 Å². The van der Waals surface area contributed by atoms with Crippen molar-refractivity contribution in [2.24, 2.45) is 5.73 Å². The number of rotatable bonds is 12. The largest absolute Gasteiger partial charge is 0.354 e. The number of hydrogen-bond donors (Lipinski definition) is 2. The van der Waals surface area contributed by atoms with Gasteiger partial charge in [-0.3, -0.25) is 9.59 Å². The number of nitrogens with zero attached hydrogens (tertiary/aromatic N) is 1. The lowest BCUT2D eigenvalue weighted by Crippen LogP contribution is -2.48. The summed E-state index contributed by atoms with van der Waals surface area (Å²) in [6.07, 6.45) is 6.55. The lowest BCUT2D eigenvalue weighted by molar-refractivity contribution is -0.139. The van der Waals surface area contributed by atoms with Crippen LogP contribution in [0.2, 0.25) is 0 Å². The molecule has 0 aromatic carbocycles. The van der Waals surface area contributed by atoms with Gasteiger partial charge in [-0.05, 0) is 39.7 Å². The van der Waals surface area contributed by atoms with E-state index in [9.17, 15) is 9.59 Å². The summed E-state index contributed by atoms with van der Waals surface area (Å²) in [4.78, 5) is 25.9. The van der Waals surface area contributed by atoms with Crippen molar-refractivity contribution >= 4 is 11.8 Å². The Labute approximate surface area is 129 Å². The minimum Gasteiger partial charge on any atom is -0.354 e. The molecule has 1 unspecified atom stereocenters. The molecule has 21 heavy (non-hydrogen) atoms. The summed E-state index contributed by atoms with van der Waals surface area (Å²) in [5.74, 6) is 0.0187. The van der Waals surface area contributed by atoms with Gasteiger partial charge in [0.15, 0.2) is 0 Å². The second-order valence-electron chi connectivity index (χ2n) is 5.45. The molecule has 0 spiro atoms. The van der Waals surface area contributed by atoms with Crippen molar-refractivity contribution in [3.05, 3.63) is 0 Å². The maximum atomic E-state index is 12.1. The monoisotopic (exact) mass is 299 g/mol. The van der Waals surface area contributed by atoms with Crippen LogP contribution in [0.25, 0.3) is 0 Å². The molecule has 0 aromatic heterocycles. The van der Waals surface area contributed by atoms with E-state index >= 15 is 0 Å². The van der Waals surface area contributed by atoms with Gasteiger partial charge in [-0.2, -0.15) is 0 Å². The molecule has 2 amide bonds. The maximum absolute atomic E-state index is 12.1. The van der Waals surface area contributed by atoms with Gasteiger partial charge in [0.2, 0.25) is 11.8 Å². The number of likely N-dealkylation sites (N-methyl/N-ethyl adjacent to an activating group) is 1. The van der Waals surface area contributed by atoms with Crippen molar-refractivity contribution in [1.29, 1.82) is 0 Å². The number of nitrogens with two attached hydrogens (primary N) is 1. The summed E-state index contributed by atoms with van der Waals surface area (Å²) in [6, 6.07) is -0.390. The Morgan fingerprint density at radius 3 is 2.38 bits per heavy atom. The maximum Gasteiger partial charge on any atom is 0.242 e. The molecule has 3 N–H and O–H groups in total. The highest BCUT2D eigenvalue weighted by atomic mass is 16.2. The van der Waals surface area contributed by atoms with Crippen LogP contribution in [0.1, 0.15) is 65.7 Å². The lowest BCUT2D eigenvalue weighted by atomic mass is 10.1. The van der Waals surface area contributed by atoms with Gasteiger partial charge in [-0.25, -0.2) is 0 Å². The fourth-order valence-corrected chi connectivity index (χ4v) is 2.28. The molecular formula is C16H33N3O2. The zero-order valence-corrected chi connectivity index (χ0v) is 14.0. The molecule has 0 heterocycles. The van der Waals surface area contributed by atoms with Gasteiger partial charge in [0.05, 0.1) is 0 Å². The number of amides is 2. The summed E-state index contributed by atoms with van der Waals surface area (Å²) in [6.45, 7) is 7.76. The third kappa shape index (κ3) is 8.71. The SMILES string of the molecule is CCCCCC(=O)N(CC)C(C)C(=O)NCCCCCN. The van der Waals surface area contributed by atoms with Crippen molar-refractivity contribution in [1.82, 2.24) is 10.2 Å². The highest BCUT2D eigenvalue weighted by Gasteiger charge is 2.23. The first-order chi connectivity index (χ1) is 10.1. The average molecular weight is 299 g/mol. The first-order valence-corrected chi connectivity index (χ1v) is 8.35. The molecule has 5 heteroatoms. The Balaban J connectivity index is 4.13. The van der Waals surface area contributed by atoms with Crippen LogP contribution >= 0.6 is 0 Å². The van der Waals surface area contributed by atoms with E-state index in [1.165, 1.54) is 0 Å². The van der Waals surface area contributed by atoms with Crippen LogP contribution in [0.3, 0.4) is 0 Å². The predicted molar refractivity (Wildman–Crippen MR) is 86.9 cm³/mol. The molecule has 0 aliphatic rings. The van der Waals surface area contributed by atoms with E-state index in [-0.39, 0.29) is 11.8 Å². The summed E-state index contributed by atoms with van der Waals surface area (Å²) < 4.78 is 0. The van der Waals surface area contributed by atoms with E-state index in [2.05, 4.69) is 12.2 Å². The summed E-state index contributed by atoms with van der Waals surface area (Å²) in [7, 11) is 0. The lowest BCUT2D eigenvalue weighted by Gasteiger charge is -2.27. The second kappa shape index (κ2) is 12.6. The smallest absolute Gasteiger partial charge is 0.242 e. The summed E-state index contributed by atoms with van der Waals surface area (Å²) >= 11 is 0. The molecule has 0 aromatic rings. The molecule has 0 bridgehead atoms. The third-order valence-electron chi connectivity index (χ3n) is 3.68. The van der Waals surface area contributed by atoms with E-state index in [1.54, 1.807) is 11.8 Å². The Morgan fingerprint density at radius 2 is 1.81 bits per heavy atom. The van der Waals surface area contributed by atoms with Gasteiger partial charge in [-0.1, -0.05) is 26.2 Å². The predicted octanol–water partition coefficient (Wildman–Crippen LogP) is 2.05. The van der Waals surface area contributed by atoms with Crippen molar-refractivity contribution in [2.75, 3.05) is 19.6 Å². The molecule has 124 valence electrons. The van der Waals surface area contributed by atoms with E-state index < -0.39 is 6.04 Å². The van der Waals surface area contributed by atoms with Crippen molar-refractivity contribution in [3.63, 3.8) is 0 Å². The number of unbranched alkanes of at least 4 members (excludes halogenated alkanes) is 4. The number of carbonyl (C=O) groups is 2. The molecule has 0 rings (SSSR count). The molecule has 1 atom stereocenters. The average Bonchev–Trinajstić information content (AvgIpc) is 2.47. The molecular weight excluding hydrogens is 266 g/mol. The quantitative estimate of drug-likeness (QED) is 0.542.